The average molecular weight is 326 g/mol. The number of nitriles is 1. The molecular formula is C18H22N4O2. The molecule has 1 aliphatic carbocycles. The van der Waals surface area contributed by atoms with Gasteiger partial charge < -0.3 is 15.2 Å². The number of benzene rings is 1. The second-order valence-corrected chi connectivity index (χ2v) is 6.27. The summed E-state index contributed by atoms with van der Waals surface area (Å²) < 4.78 is 7.08. The monoisotopic (exact) mass is 326 g/mol. The number of hydrogen-bond donors (Lipinski definition) is 2. The minimum absolute atomic E-state index is 0.0678. The highest BCUT2D eigenvalue weighted by molar-refractivity contribution is 5.45. The number of aliphatic hydroxyl groups excluding tert-OH is 1. The van der Waals surface area contributed by atoms with Gasteiger partial charge in [0, 0.05) is 31.5 Å². The molecule has 126 valence electrons. The van der Waals surface area contributed by atoms with Crippen LogP contribution in [0.4, 0.5) is 0 Å². The van der Waals surface area contributed by atoms with Gasteiger partial charge in [0.05, 0.1) is 18.8 Å². The molecule has 3 atom stereocenters. The number of rotatable bonds is 6. The van der Waals surface area contributed by atoms with Gasteiger partial charge in [-0.2, -0.15) is 10.4 Å². The molecule has 3 rings (SSSR count). The van der Waals surface area contributed by atoms with E-state index < -0.39 is 0 Å². The Kier molecular flexibility index (Phi) is 5.14. The van der Waals surface area contributed by atoms with Gasteiger partial charge in [-0.05, 0) is 42.5 Å². The normalized spacial score (nSPS) is 23.1. The van der Waals surface area contributed by atoms with Gasteiger partial charge in [-0.1, -0.05) is 6.07 Å². The molecule has 1 unspecified atom stereocenters. The fourth-order valence-electron chi connectivity index (χ4n) is 3.36. The zero-order valence-corrected chi connectivity index (χ0v) is 13.7. The first-order valence-corrected chi connectivity index (χ1v) is 8.15. The van der Waals surface area contributed by atoms with Crippen molar-refractivity contribution in [1.82, 2.24) is 15.1 Å². The fourth-order valence-corrected chi connectivity index (χ4v) is 3.36. The Labute approximate surface area is 141 Å². The predicted octanol–water partition coefficient (Wildman–Crippen LogP) is 1.69. The third-order valence-electron chi connectivity index (χ3n) is 4.58. The second kappa shape index (κ2) is 7.47. The zero-order valence-electron chi connectivity index (χ0n) is 13.7. The maximum atomic E-state index is 10.3. The van der Waals surface area contributed by atoms with Crippen molar-refractivity contribution in [3.05, 3.63) is 47.8 Å². The summed E-state index contributed by atoms with van der Waals surface area (Å²) in [6.07, 6.45) is 5.08. The summed E-state index contributed by atoms with van der Waals surface area (Å²) >= 11 is 0. The molecule has 6 nitrogen and oxygen atoms in total. The summed E-state index contributed by atoms with van der Waals surface area (Å²) in [6.45, 7) is 1.46. The van der Waals surface area contributed by atoms with Crippen molar-refractivity contribution in [2.75, 3.05) is 7.11 Å². The molecule has 1 saturated carbocycles. The number of nitrogens with zero attached hydrogens (tertiary/aromatic N) is 3. The molecule has 1 aromatic carbocycles. The smallest absolute Gasteiger partial charge is 0.136 e. The van der Waals surface area contributed by atoms with E-state index >= 15 is 0 Å². The highest BCUT2D eigenvalue weighted by Gasteiger charge is 2.32. The molecule has 1 aliphatic rings. The van der Waals surface area contributed by atoms with Crippen LogP contribution in [-0.4, -0.2) is 34.1 Å². The van der Waals surface area contributed by atoms with Crippen molar-refractivity contribution in [2.24, 2.45) is 5.92 Å². The number of methoxy groups -OCH3 is 1. The van der Waals surface area contributed by atoms with Crippen molar-refractivity contribution in [3.8, 4) is 11.8 Å². The van der Waals surface area contributed by atoms with E-state index in [9.17, 15) is 5.11 Å². The molecule has 0 spiro atoms. The van der Waals surface area contributed by atoms with Crippen LogP contribution >= 0.6 is 0 Å². The first-order valence-electron chi connectivity index (χ1n) is 8.15. The van der Waals surface area contributed by atoms with Crippen molar-refractivity contribution in [1.29, 1.82) is 5.26 Å². The summed E-state index contributed by atoms with van der Waals surface area (Å²) in [4.78, 5) is 0. The number of nitrogens with one attached hydrogen (secondary N) is 1. The summed E-state index contributed by atoms with van der Waals surface area (Å²) in [5.41, 5.74) is 1.54. The van der Waals surface area contributed by atoms with Gasteiger partial charge in [0.1, 0.15) is 11.8 Å². The Balaban J connectivity index is 1.56. The molecule has 1 heterocycles. The maximum Gasteiger partial charge on any atom is 0.136 e. The Morgan fingerprint density at radius 3 is 3.04 bits per heavy atom. The first kappa shape index (κ1) is 16.5. The topological polar surface area (TPSA) is 83.1 Å². The van der Waals surface area contributed by atoms with E-state index in [4.69, 9.17) is 10.00 Å². The quantitative estimate of drug-likeness (QED) is 0.844. The van der Waals surface area contributed by atoms with Gasteiger partial charge in [0.2, 0.25) is 0 Å². The van der Waals surface area contributed by atoms with Crippen molar-refractivity contribution in [3.63, 3.8) is 0 Å². The maximum absolute atomic E-state index is 10.3. The molecule has 2 aromatic rings. The fraction of sp³-hybridized carbons (Fsp3) is 0.444. The zero-order chi connectivity index (χ0) is 16.9. The van der Waals surface area contributed by atoms with Crippen LogP contribution in [0.1, 0.15) is 24.0 Å². The van der Waals surface area contributed by atoms with E-state index in [1.807, 2.05) is 29.1 Å². The van der Waals surface area contributed by atoms with Gasteiger partial charge in [-0.15, -0.1) is 0 Å². The lowest BCUT2D eigenvalue weighted by atomic mass is 10.1. The van der Waals surface area contributed by atoms with Crippen LogP contribution in [0.15, 0.2) is 36.7 Å². The standard InChI is InChI=1S/C18H22N4O2/c1-24-18-4-3-13(7-15(18)10-19)11-20-16-8-14(9-17(16)23)12-22-6-2-5-21-22/h2-7,14,16-17,20,23H,8-9,11-12H2,1H3/t14?,16-,17-/m1/s1. The summed E-state index contributed by atoms with van der Waals surface area (Å²) in [5.74, 6) is 1.00. The molecule has 0 amide bonds. The largest absolute Gasteiger partial charge is 0.495 e. The van der Waals surface area contributed by atoms with Crippen LogP contribution in [0.25, 0.3) is 0 Å². The van der Waals surface area contributed by atoms with E-state index in [2.05, 4.69) is 16.5 Å². The SMILES string of the molecule is COc1ccc(CN[C@@H]2CC(Cn3cccn3)C[C@H]2O)cc1C#N. The lowest BCUT2D eigenvalue weighted by Gasteiger charge is -2.17. The lowest BCUT2D eigenvalue weighted by Crippen LogP contribution is -2.35. The molecule has 2 N–H and O–H groups in total. The van der Waals surface area contributed by atoms with E-state index in [-0.39, 0.29) is 12.1 Å². The van der Waals surface area contributed by atoms with Gasteiger partial charge >= 0.3 is 0 Å². The molecule has 6 heteroatoms. The lowest BCUT2D eigenvalue weighted by molar-refractivity contribution is 0.145. The molecule has 1 aromatic heterocycles. The van der Waals surface area contributed by atoms with Crippen LogP contribution in [0.5, 0.6) is 5.75 Å². The summed E-state index contributed by atoms with van der Waals surface area (Å²) in [6, 6.07) is 9.70. The van der Waals surface area contributed by atoms with Gasteiger partial charge in [0.15, 0.2) is 0 Å². The molecule has 0 aliphatic heterocycles. The number of hydrogen-bond acceptors (Lipinski definition) is 5. The highest BCUT2D eigenvalue weighted by Crippen LogP contribution is 2.28. The van der Waals surface area contributed by atoms with Crippen molar-refractivity contribution in [2.45, 2.75) is 38.1 Å². The Hall–Kier alpha value is -2.36. The van der Waals surface area contributed by atoms with E-state index in [1.54, 1.807) is 19.4 Å². The van der Waals surface area contributed by atoms with Crippen LogP contribution < -0.4 is 10.1 Å². The van der Waals surface area contributed by atoms with Gasteiger partial charge in [-0.25, -0.2) is 0 Å². The summed E-state index contributed by atoms with van der Waals surface area (Å²) in [5, 5.41) is 27.1. The minimum Gasteiger partial charge on any atom is -0.495 e. The van der Waals surface area contributed by atoms with Gasteiger partial charge in [0.25, 0.3) is 0 Å². The Bertz CT molecular complexity index is 708. The summed E-state index contributed by atoms with van der Waals surface area (Å²) in [7, 11) is 1.56. The Morgan fingerprint density at radius 1 is 1.46 bits per heavy atom. The van der Waals surface area contributed by atoms with Crippen LogP contribution in [0, 0.1) is 17.2 Å². The third-order valence-corrected chi connectivity index (χ3v) is 4.58. The predicted molar refractivity (Wildman–Crippen MR) is 89.3 cm³/mol. The molecule has 24 heavy (non-hydrogen) atoms. The van der Waals surface area contributed by atoms with E-state index in [1.165, 1.54) is 0 Å². The molecular weight excluding hydrogens is 304 g/mol. The number of ether oxygens (including phenoxy) is 1. The first-order chi connectivity index (χ1) is 11.7. The van der Waals surface area contributed by atoms with Crippen molar-refractivity contribution < 1.29 is 9.84 Å². The molecule has 0 radical (unpaired) electrons. The highest BCUT2D eigenvalue weighted by atomic mass is 16.5. The van der Waals surface area contributed by atoms with Crippen LogP contribution in [0.2, 0.25) is 0 Å². The number of aliphatic hydroxyl groups is 1. The minimum atomic E-state index is -0.348. The Morgan fingerprint density at radius 2 is 2.33 bits per heavy atom. The molecule has 0 bridgehead atoms. The van der Waals surface area contributed by atoms with Crippen LogP contribution in [0.3, 0.4) is 0 Å². The average Bonchev–Trinajstić information content (AvgIpc) is 3.22. The van der Waals surface area contributed by atoms with E-state index in [0.717, 1.165) is 24.9 Å². The second-order valence-electron chi connectivity index (χ2n) is 6.27. The van der Waals surface area contributed by atoms with Gasteiger partial charge in [-0.3, -0.25) is 4.68 Å². The molecule has 1 fully saturated rings. The van der Waals surface area contributed by atoms with Crippen LogP contribution in [-0.2, 0) is 13.1 Å². The third kappa shape index (κ3) is 3.75. The van der Waals surface area contributed by atoms with Crippen molar-refractivity contribution >= 4 is 0 Å². The molecule has 0 saturated heterocycles. The number of aromatic nitrogens is 2. The van der Waals surface area contributed by atoms with E-state index in [0.29, 0.717) is 23.8 Å².